The van der Waals surface area contributed by atoms with E-state index in [0.29, 0.717) is 24.5 Å². The average molecular weight is 424 g/mol. The van der Waals surface area contributed by atoms with Gasteiger partial charge in [0, 0.05) is 39.5 Å². The van der Waals surface area contributed by atoms with E-state index < -0.39 is 0 Å². The van der Waals surface area contributed by atoms with Gasteiger partial charge in [-0.05, 0) is 42.7 Å². The quantitative estimate of drug-likeness (QED) is 0.685. The molecular formula is C24H29N3O4. The third-order valence-electron chi connectivity index (χ3n) is 5.73. The van der Waals surface area contributed by atoms with Gasteiger partial charge >= 0.3 is 0 Å². The van der Waals surface area contributed by atoms with Crippen LogP contribution >= 0.6 is 0 Å². The molecule has 4 rings (SSSR count). The molecule has 1 unspecified atom stereocenters. The standard InChI is InChI=1S/C24H29N3O4/c1-25(2)19-11-9-18(10-12-19)14-26(15-20-6-5-13-30-20)23(28)16-27-21-7-3-4-8-22(21)31-17-24(27)29/h3-4,7-12,20H,5-6,13-17H2,1-2H3. The van der Waals surface area contributed by atoms with Crippen molar-refractivity contribution < 1.29 is 19.1 Å². The highest BCUT2D eigenvalue weighted by Gasteiger charge is 2.30. The van der Waals surface area contributed by atoms with Crippen molar-refractivity contribution in [1.29, 1.82) is 0 Å². The van der Waals surface area contributed by atoms with E-state index in [4.69, 9.17) is 9.47 Å². The predicted molar refractivity (Wildman–Crippen MR) is 119 cm³/mol. The van der Waals surface area contributed by atoms with Gasteiger partial charge < -0.3 is 19.3 Å². The Bertz CT molecular complexity index is 923. The second-order valence-electron chi connectivity index (χ2n) is 8.21. The number of nitrogens with zero attached hydrogens (tertiary/aromatic N) is 3. The molecule has 0 saturated carbocycles. The first kappa shape index (κ1) is 21.2. The fourth-order valence-electron chi connectivity index (χ4n) is 3.97. The van der Waals surface area contributed by atoms with Crippen LogP contribution in [-0.2, 0) is 20.9 Å². The summed E-state index contributed by atoms with van der Waals surface area (Å²) in [6, 6.07) is 15.5. The normalized spacial score (nSPS) is 17.8. The van der Waals surface area contributed by atoms with Gasteiger partial charge in [0.25, 0.3) is 5.91 Å². The third-order valence-corrected chi connectivity index (χ3v) is 5.73. The minimum Gasteiger partial charge on any atom is -0.482 e. The summed E-state index contributed by atoms with van der Waals surface area (Å²) in [5.74, 6) is 0.316. The Kier molecular flexibility index (Phi) is 6.42. The van der Waals surface area contributed by atoms with Gasteiger partial charge in [-0.1, -0.05) is 24.3 Å². The highest BCUT2D eigenvalue weighted by atomic mass is 16.5. The van der Waals surface area contributed by atoms with Crippen molar-refractivity contribution in [2.75, 3.05) is 50.2 Å². The minimum atomic E-state index is -0.209. The summed E-state index contributed by atoms with van der Waals surface area (Å²) in [5, 5.41) is 0. The lowest BCUT2D eigenvalue weighted by Gasteiger charge is -2.32. The monoisotopic (exact) mass is 423 g/mol. The molecule has 2 amide bonds. The van der Waals surface area contributed by atoms with E-state index in [-0.39, 0.29) is 31.1 Å². The second kappa shape index (κ2) is 9.39. The van der Waals surface area contributed by atoms with Crippen LogP contribution in [0.1, 0.15) is 18.4 Å². The minimum absolute atomic E-state index is 0.0122. The van der Waals surface area contributed by atoms with Crippen molar-refractivity contribution in [2.24, 2.45) is 0 Å². The summed E-state index contributed by atoms with van der Waals surface area (Å²) < 4.78 is 11.3. The number of rotatable bonds is 7. The molecular weight excluding hydrogens is 394 g/mol. The van der Waals surface area contributed by atoms with Crippen LogP contribution in [0.3, 0.4) is 0 Å². The Labute approximate surface area is 183 Å². The molecule has 7 nitrogen and oxygen atoms in total. The number of carbonyl (C=O) groups excluding carboxylic acids is 2. The predicted octanol–water partition coefficient (Wildman–Crippen LogP) is 2.69. The van der Waals surface area contributed by atoms with Crippen LogP contribution in [-0.4, -0.2) is 63.2 Å². The van der Waals surface area contributed by atoms with Crippen molar-refractivity contribution in [3.05, 3.63) is 54.1 Å². The van der Waals surface area contributed by atoms with E-state index in [1.165, 1.54) is 4.90 Å². The van der Waals surface area contributed by atoms with Crippen molar-refractivity contribution in [3.8, 4) is 5.75 Å². The van der Waals surface area contributed by atoms with Gasteiger partial charge in [0.2, 0.25) is 5.91 Å². The van der Waals surface area contributed by atoms with Crippen molar-refractivity contribution in [2.45, 2.75) is 25.5 Å². The van der Waals surface area contributed by atoms with E-state index >= 15 is 0 Å². The Morgan fingerprint density at radius 1 is 1.13 bits per heavy atom. The first-order valence-electron chi connectivity index (χ1n) is 10.7. The van der Waals surface area contributed by atoms with E-state index in [0.717, 1.165) is 30.7 Å². The molecule has 1 atom stereocenters. The third kappa shape index (κ3) is 4.99. The Balaban J connectivity index is 1.51. The summed E-state index contributed by atoms with van der Waals surface area (Å²) in [7, 11) is 4.00. The zero-order chi connectivity index (χ0) is 21.8. The SMILES string of the molecule is CN(C)c1ccc(CN(CC2CCCO2)C(=O)CN2C(=O)COc3ccccc32)cc1. The van der Waals surface area contributed by atoms with Gasteiger partial charge in [-0.15, -0.1) is 0 Å². The fourth-order valence-corrected chi connectivity index (χ4v) is 3.97. The number of hydrogen-bond acceptors (Lipinski definition) is 5. The molecule has 2 aromatic rings. The number of hydrogen-bond donors (Lipinski definition) is 0. The highest BCUT2D eigenvalue weighted by Crippen LogP contribution is 2.31. The summed E-state index contributed by atoms with van der Waals surface area (Å²) in [5.41, 5.74) is 2.79. The van der Waals surface area contributed by atoms with Gasteiger partial charge in [0.1, 0.15) is 12.3 Å². The van der Waals surface area contributed by atoms with Crippen molar-refractivity contribution in [3.63, 3.8) is 0 Å². The second-order valence-corrected chi connectivity index (χ2v) is 8.21. The molecule has 0 N–H and O–H groups in total. The number of carbonyl (C=O) groups is 2. The van der Waals surface area contributed by atoms with Crippen LogP contribution in [0.4, 0.5) is 11.4 Å². The molecule has 0 bridgehead atoms. The average Bonchev–Trinajstić information content (AvgIpc) is 3.29. The highest BCUT2D eigenvalue weighted by molar-refractivity contribution is 6.02. The smallest absolute Gasteiger partial charge is 0.265 e. The van der Waals surface area contributed by atoms with E-state index in [9.17, 15) is 9.59 Å². The summed E-state index contributed by atoms with van der Waals surface area (Å²) in [4.78, 5) is 31.3. The Hall–Kier alpha value is -3.06. The summed E-state index contributed by atoms with van der Waals surface area (Å²) in [6.07, 6.45) is 2.00. The van der Waals surface area contributed by atoms with Gasteiger partial charge in [-0.3, -0.25) is 14.5 Å². The molecule has 0 aromatic heterocycles. The molecule has 2 aromatic carbocycles. The van der Waals surface area contributed by atoms with E-state index in [1.54, 1.807) is 0 Å². The lowest BCUT2D eigenvalue weighted by atomic mass is 10.1. The van der Waals surface area contributed by atoms with Crippen LogP contribution < -0.4 is 14.5 Å². The van der Waals surface area contributed by atoms with Gasteiger partial charge in [-0.2, -0.15) is 0 Å². The summed E-state index contributed by atoms with van der Waals surface area (Å²) >= 11 is 0. The Morgan fingerprint density at radius 2 is 1.90 bits per heavy atom. The molecule has 31 heavy (non-hydrogen) atoms. The molecule has 0 aliphatic carbocycles. The molecule has 1 saturated heterocycles. The van der Waals surface area contributed by atoms with Crippen LogP contribution in [0.5, 0.6) is 5.75 Å². The number of amides is 2. The van der Waals surface area contributed by atoms with Gasteiger partial charge in [-0.25, -0.2) is 0 Å². The maximum atomic E-state index is 13.4. The molecule has 0 spiro atoms. The maximum Gasteiger partial charge on any atom is 0.265 e. The summed E-state index contributed by atoms with van der Waals surface area (Å²) in [6.45, 7) is 1.67. The van der Waals surface area contributed by atoms with E-state index in [2.05, 4.69) is 0 Å². The zero-order valence-electron chi connectivity index (χ0n) is 18.1. The van der Waals surface area contributed by atoms with Gasteiger partial charge in [0.05, 0.1) is 11.8 Å². The number of ether oxygens (including phenoxy) is 2. The van der Waals surface area contributed by atoms with Gasteiger partial charge in [0.15, 0.2) is 6.61 Å². The fraction of sp³-hybridized carbons (Fsp3) is 0.417. The van der Waals surface area contributed by atoms with Crippen LogP contribution in [0.25, 0.3) is 0 Å². The first-order chi connectivity index (χ1) is 15.0. The molecule has 2 aliphatic heterocycles. The lowest BCUT2D eigenvalue weighted by Crippen LogP contribution is -2.47. The number of para-hydroxylation sites is 2. The molecule has 2 aliphatic rings. The zero-order valence-corrected chi connectivity index (χ0v) is 18.1. The Morgan fingerprint density at radius 3 is 2.61 bits per heavy atom. The van der Waals surface area contributed by atoms with Crippen LogP contribution in [0, 0.1) is 0 Å². The maximum absolute atomic E-state index is 13.4. The van der Waals surface area contributed by atoms with Crippen molar-refractivity contribution in [1.82, 2.24) is 4.90 Å². The van der Waals surface area contributed by atoms with Crippen molar-refractivity contribution >= 4 is 23.2 Å². The topological polar surface area (TPSA) is 62.3 Å². The van der Waals surface area contributed by atoms with E-state index in [1.807, 2.05) is 72.4 Å². The number of fused-ring (bicyclic) bond motifs is 1. The molecule has 2 heterocycles. The largest absolute Gasteiger partial charge is 0.482 e. The lowest BCUT2D eigenvalue weighted by molar-refractivity contribution is -0.133. The van der Waals surface area contributed by atoms with Crippen LogP contribution in [0.15, 0.2) is 48.5 Å². The molecule has 7 heteroatoms. The molecule has 0 radical (unpaired) electrons. The number of benzene rings is 2. The molecule has 1 fully saturated rings. The van der Waals surface area contributed by atoms with Crippen LogP contribution in [0.2, 0.25) is 0 Å². The number of anilines is 2. The molecule has 164 valence electrons. The first-order valence-corrected chi connectivity index (χ1v) is 10.7.